The Kier molecular flexibility index (Phi) is 9.45. The van der Waals surface area contributed by atoms with Crippen molar-refractivity contribution in [3.63, 3.8) is 0 Å². The largest absolute Gasteiger partial charge is 0.473 e. The zero-order chi connectivity index (χ0) is 25.4. The Morgan fingerprint density at radius 2 is 1.43 bits per heavy atom. The van der Waals surface area contributed by atoms with Crippen LogP contribution in [-0.4, -0.2) is 77.1 Å². The Labute approximate surface area is 208 Å². The normalized spacial score (nSPS) is 16.9. The lowest BCUT2D eigenvalue weighted by Gasteiger charge is -2.39. The van der Waals surface area contributed by atoms with E-state index in [4.69, 9.17) is 31.4 Å². The number of anilines is 1. The Morgan fingerprint density at radius 3 is 1.97 bits per heavy atom. The van der Waals surface area contributed by atoms with E-state index < -0.39 is 11.9 Å². The van der Waals surface area contributed by atoms with Crippen molar-refractivity contribution >= 4 is 35.1 Å². The SMILES string of the molecule is O=C(C1CCN(Cc2ccc(Cl)cc2)CC1)N1CCN(c2ccccc2F)CC1.O=C(O)C(=O)O. The number of halogens is 2. The Hall–Kier alpha value is -3.17. The summed E-state index contributed by atoms with van der Waals surface area (Å²) in [7, 11) is 0. The van der Waals surface area contributed by atoms with Gasteiger partial charge in [0.2, 0.25) is 5.91 Å². The molecular weight excluding hydrogens is 477 g/mol. The predicted molar refractivity (Wildman–Crippen MR) is 130 cm³/mol. The Morgan fingerprint density at radius 1 is 0.857 bits per heavy atom. The van der Waals surface area contributed by atoms with E-state index in [1.165, 1.54) is 11.6 Å². The number of nitrogens with zero attached hydrogens (tertiary/aromatic N) is 3. The number of para-hydroxylation sites is 1. The molecule has 2 aromatic rings. The van der Waals surface area contributed by atoms with Crippen molar-refractivity contribution < 1.29 is 29.0 Å². The number of carbonyl (C=O) groups is 3. The molecule has 2 aliphatic heterocycles. The van der Waals surface area contributed by atoms with E-state index >= 15 is 0 Å². The summed E-state index contributed by atoms with van der Waals surface area (Å²) in [6.45, 7) is 5.47. The minimum Gasteiger partial charge on any atom is -0.473 e. The molecule has 0 unspecified atom stereocenters. The number of aliphatic carboxylic acids is 2. The van der Waals surface area contributed by atoms with Crippen LogP contribution in [-0.2, 0) is 20.9 Å². The molecule has 10 heteroatoms. The van der Waals surface area contributed by atoms with Crippen LogP contribution < -0.4 is 4.90 Å². The fourth-order valence-corrected chi connectivity index (χ4v) is 4.45. The zero-order valence-corrected chi connectivity index (χ0v) is 20.0. The lowest BCUT2D eigenvalue weighted by molar-refractivity contribution is -0.159. The third-order valence-corrected chi connectivity index (χ3v) is 6.48. The molecule has 1 amide bonds. The van der Waals surface area contributed by atoms with E-state index in [0.29, 0.717) is 31.9 Å². The van der Waals surface area contributed by atoms with E-state index in [1.807, 2.05) is 34.1 Å². The van der Waals surface area contributed by atoms with Crippen LogP contribution in [0.3, 0.4) is 0 Å². The third kappa shape index (κ3) is 7.66. The van der Waals surface area contributed by atoms with Gasteiger partial charge in [-0.2, -0.15) is 0 Å². The number of hydrogen-bond donors (Lipinski definition) is 2. The minimum absolute atomic E-state index is 0.108. The number of piperazine rings is 1. The van der Waals surface area contributed by atoms with Crippen molar-refractivity contribution in [3.8, 4) is 0 Å². The molecule has 2 fully saturated rings. The van der Waals surface area contributed by atoms with Gasteiger partial charge in [0.25, 0.3) is 0 Å². The summed E-state index contributed by atoms with van der Waals surface area (Å²) in [5.74, 6) is -3.47. The first kappa shape index (κ1) is 26.4. The maximum absolute atomic E-state index is 14.0. The fraction of sp³-hybridized carbons (Fsp3) is 0.400. The molecule has 2 heterocycles. The first-order chi connectivity index (χ1) is 16.7. The van der Waals surface area contributed by atoms with Gasteiger partial charge in [-0.15, -0.1) is 0 Å². The maximum atomic E-state index is 14.0. The summed E-state index contributed by atoms with van der Waals surface area (Å²) in [6.07, 6.45) is 1.81. The number of carboxylic acids is 2. The van der Waals surface area contributed by atoms with Crippen molar-refractivity contribution in [3.05, 3.63) is 64.9 Å². The summed E-state index contributed by atoms with van der Waals surface area (Å²) in [4.78, 5) is 37.6. The number of rotatable bonds is 4. The van der Waals surface area contributed by atoms with Crippen molar-refractivity contribution in [2.75, 3.05) is 44.2 Å². The number of carboxylic acid groups (broad SMARTS) is 2. The molecular formula is C25H29ClFN3O5. The molecule has 0 bridgehead atoms. The van der Waals surface area contributed by atoms with Crippen molar-refractivity contribution in [2.24, 2.45) is 5.92 Å². The average molecular weight is 506 g/mol. The van der Waals surface area contributed by atoms with Crippen molar-refractivity contribution in [1.82, 2.24) is 9.80 Å². The van der Waals surface area contributed by atoms with Crippen LogP contribution >= 0.6 is 11.6 Å². The molecule has 2 saturated heterocycles. The third-order valence-electron chi connectivity index (χ3n) is 6.22. The topological polar surface area (TPSA) is 101 Å². The van der Waals surface area contributed by atoms with Crippen LogP contribution in [0.25, 0.3) is 0 Å². The summed E-state index contributed by atoms with van der Waals surface area (Å²) in [5.41, 5.74) is 1.89. The molecule has 0 radical (unpaired) electrons. The molecule has 0 aliphatic carbocycles. The molecule has 0 saturated carbocycles. The molecule has 2 aliphatic rings. The van der Waals surface area contributed by atoms with Gasteiger partial charge in [0.1, 0.15) is 5.82 Å². The molecule has 0 atom stereocenters. The highest BCUT2D eigenvalue weighted by molar-refractivity contribution is 6.30. The average Bonchev–Trinajstić information content (AvgIpc) is 2.86. The number of benzene rings is 2. The lowest BCUT2D eigenvalue weighted by Crippen LogP contribution is -2.51. The van der Waals surface area contributed by atoms with Gasteiger partial charge in [0.15, 0.2) is 0 Å². The zero-order valence-electron chi connectivity index (χ0n) is 19.3. The van der Waals surface area contributed by atoms with E-state index in [-0.39, 0.29) is 17.6 Å². The molecule has 0 aromatic heterocycles. The minimum atomic E-state index is -1.82. The van der Waals surface area contributed by atoms with Crippen LogP contribution in [0.5, 0.6) is 0 Å². The quantitative estimate of drug-likeness (QED) is 0.615. The highest BCUT2D eigenvalue weighted by Crippen LogP contribution is 2.24. The second-order valence-corrected chi connectivity index (χ2v) is 8.99. The molecule has 35 heavy (non-hydrogen) atoms. The van der Waals surface area contributed by atoms with Crippen molar-refractivity contribution in [1.29, 1.82) is 0 Å². The van der Waals surface area contributed by atoms with Gasteiger partial charge in [-0.3, -0.25) is 9.69 Å². The van der Waals surface area contributed by atoms with Crippen molar-refractivity contribution in [2.45, 2.75) is 19.4 Å². The van der Waals surface area contributed by atoms with Crippen LogP contribution in [0.1, 0.15) is 18.4 Å². The molecule has 188 valence electrons. The second-order valence-electron chi connectivity index (χ2n) is 8.55. The van der Waals surface area contributed by atoms with Gasteiger partial charge in [-0.25, -0.2) is 14.0 Å². The molecule has 4 rings (SSSR count). The molecule has 2 N–H and O–H groups in total. The van der Waals surface area contributed by atoms with E-state index in [9.17, 15) is 9.18 Å². The maximum Gasteiger partial charge on any atom is 0.414 e. The van der Waals surface area contributed by atoms with Gasteiger partial charge >= 0.3 is 11.9 Å². The van der Waals surface area contributed by atoms with Gasteiger partial charge in [-0.05, 0) is 55.8 Å². The first-order valence-electron chi connectivity index (χ1n) is 11.5. The Bertz CT molecular complexity index is 1010. The van der Waals surface area contributed by atoms with Crippen LogP contribution in [0.4, 0.5) is 10.1 Å². The predicted octanol–water partition coefficient (Wildman–Crippen LogP) is 3.20. The van der Waals surface area contributed by atoms with Crippen LogP contribution in [0.2, 0.25) is 5.02 Å². The Balaban J connectivity index is 0.000000509. The van der Waals surface area contributed by atoms with Crippen LogP contribution in [0.15, 0.2) is 48.5 Å². The second kappa shape index (κ2) is 12.5. The molecule has 0 spiro atoms. The van der Waals surface area contributed by atoms with Gasteiger partial charge in [0, 0.05) is 43.7 Å². The number of likely N-dealkylation sites (tertiary alicyclic amines) is 1. The highest BCUT2D eigenvalue weighted by Gasteiger charge is 2.30. The van der Waals surface area contributed by atoms with Crippen LogP contribution in [0, 0.1) is 11.7 Å². The molecule has 8 nitrogen and oxygen atoms in total. The van der Waals surface area contributed by atoms with E-state index in [2.05, 4.69) is 17.0 Å². The summed E-state index contributed by atoms with van der Waals surface area (Å²) in [5, 5.41) is 15.5. The first-order valence-corrected chi connectivity index (χ1v) is 11.8. The van der Waals surface area contributed by atoms with Gasteiger partial charge < -0.3 is 20.0 Å². The lowest BCUT2D eigenvalue weighted by atomic mass is 9.94. The van der Waals surface area contributed by atoms with Gasteiger partial charge in [0.05, 0.1) is 5.69 Å². The van der Waals surface area contributed by atoms with Gasteiger partial charge in [-0.1, -0.05) is 35.9 Å². The number of amides is 1. The summed E-state index contributed by atoms with van der Waals surface area (Å²) >= 11 is 5.96. The number of carbonyl (C=O) groups excluding carboxylic acids is 1. The monoisotopic (exact) mass is 505 g/mol. The number of piperidine rings is 1. The smallest absolute Gasteiger partial charge is 0.414 e. The summed E-state index contributed by atoms with van der Waals surface area (Å²) in [6, 6.07) is 14.8. The summed E-state index contributed by atoms with van der Waals surface area (Å²) < 4.78 is 14.0. The van der Waals surface area contributed by atoms with E-state index in [1.54, 1.807) is 6.07 Å². The van der Waals surface area contributed by atoms with E-state index in [0.717, 1.165) is 37.5 Å². The molecule has 2 aromatic carbocycles. The fourth-order valence-electron chi connectivity index (χ4n) is 4.32. The highest BCUT2D eigenvalue weighted by atomic mass is 35.5. The number of hydrogen-bond acceptors (Lipinski definition) is 5. The standard InChI is InChI=1S/C23H27ClFN3O.C2H2O4/c24-20-7-5-18(6-8-20)17-26-11-9-19(10-12-26)23(29)28-15-13-27(14-16-28)22-4-2-1-3-21(22)25;3-1(4)2(5)6/h1-8,19H,9-17H2;(H,3,4)(H,5,6).